The number of hydrogen-bond acceptors (Lipinski definition) is 6. The molecule has 25 heavy (non-hydrogen) atoms. The molecule has 0 bridgehead atoms. The van der Waals surface area contributed by atoms with E-state index in [2.05, 4.69) is 40.1 Å². The Morgan fingerprint density at radius 2 is 2.16 bits per heavy atom. The highest BCUT2D eigenvalue weighted by molar-refractivity contribution is 5.68. The second kappa shape index (κ2) is 5.54. The fourth-order valence-electron chi connectivity index (χ4n) is 3.60. The van der Waals surface area contributed by atoms with Crippen LogP contribution in [0.5, 0.6) is 0 Å². The maximum atomic E-state index is 6.05. The van der Waals surface area contributed by atoms with E-state index in [1.54, 1.807) is 10.8 Å². The monoisotopic (exact) mass is 338 g/mol. The molecule has 130 valence electrons. The average molecular weight is 338 g/mol. The van der Waals surface area contributed by atoms with E-state index < -0.39 is 0 Å². The van der Waals surface area contributed by atoms with E-state index in [1.807, 2.05) is 0 Å². The van der Waals surface area contributed by atoms with Gasteiger partial charge in [-0.2, -0.15) is 9.61 Å². The van der Waals surface area contributed by atoms with Gasteiger partial charge in [-0.3, -0.25) is 0 Å². The van der Waals surface area contributed by atoms with Crippen LogP contribution >= 0.6 is 0 Å². The largest absolute Gasteiger partial charge is 0.445 e. The van der Waals surface area contributed by atoms with Gasteiger partial charge in [-0.1, -0.05) is 20.3 Å². The van der Waals surface area contributed by atoms with Crippen LogP contribution < -0.4 is 4.90 Å². The SMILES string of the molecule is CC(C)c1cc(N2CCc3oc(C4CCC4)nc3C2)c2nncn2n1. The molecule has 1 saturated carbocycles. The van der Waals surface area contributed by atoms with Gasteiger partial charge in [0.25, 0.3) is 0 Å². The molecule has 3 aromatic heterocycles. The van der Waals surface area contributed by atoms with Crippen LogP contribution in [0.1, 0.15) is 68.0 Å². The van der Waals surface area contributed by atoms with E-state index in [0.717, 1.165) is 53.9 Å². The summed E-state index contributed by atoms with van der Waals surface area (Å²) in [5, 5.41) is 12.9. The van der Waals surface area contributed by atoms with Crippen LogP contribution in [0.2, 0.25) is 0 Å². The van der Waals surface area contributed by atoms with Gasteiger partial charge in [-0.05, 0) is 24.8 Å². The second-order valence-electron chi connectivity index (χ2n) is 7.43. The lowest BCUT2D eigenvalue weighted by Gasteiger charge is -2.27. The molecular formula is C18H22N6O. The van der Waals surface area contributed by atoms with E-state index in [1.165, 1.54) is 19.3 Å². The van der Waals surface area contributed by atoms with Gasteiger partial charge in [0, 0.05) is 18.9 Å². The van der Waals surface area contributed by atoms with Crippen LogP contribution in [0.4, 0.5) is 5.69 Å². The average Bonchev–Trinajstić information content (AvgIpc) is 3.17. The summed E-state index contributed by atoms with van der Waals surface area (Å²) in [6.07, 6.45) is 6.28. The van der Waals surface area contributed by atoms with Crippen molar-refractivity contribution >= 4 is 11.3 Å². The molecule has 0 radical (unpaired) electrons. The van der Waals surface area contributed by atoms with E-state index in [0.29, 0.717) is 11.8 Å². The number of anilines is 1. The lowest BCUT2D eigenvalue weighted by Crippen LogP contribution is -2.31. The van der Waals surface area contributed by atoms with Crippen molar-refractivity contribution in [1.29, 1.82) is 0 Å². The Balaban J connectivity index is 1.51. The molecule has 0 saturated heterocycles. The number of aromatic nitrogens is 5. The topological polar surface area (TPSA) is 72.4 Å². The summed E-state index contributed by atoms with van der Waals surface area (Å²) in [5.41, 5.74) is 4.00. The fraction of sp³-hybridized carbons (Fsp3) is 0.556. The number of hydrogen-bond donors (Lipinski definition) is 0. The normalized spacial score (nSPS) is 18.0. The molecular weight excluding hydrogens is 316 g/mol. The summed E-state index contributed by atoms with van der Waals surface area (Å²) in [6.45, 7) is 5.96. The third-order valence-corrected chi connectivity index (χ3v) is 5.40. The minimum Gasteiger partial charge on any atom is -0.445 e. The van der Waals surface area contributed by atoms with Gasteiger partial charge in [0.2, 0.25) is 5.65 Å². The Kier molecular flexibility index (Phi) is 3.29. The smallest absolute Gasteiger partial charge is 0.200 e. The lowest BCUT2D eigenvalue weighted by atomic mass is 9.85. The van der Waals surface area contributed by atoms with Crippen molar-refractivity contribution in [3.05, 3.63) is 35.4 Å². The summed E-state index contributed by atoms with van der Waals surface area (Å²) < 4.78 is 7.83. The molecule has 0 N–H and O–H groups in total. The van der Waals surface area contributed by atoms with Gasteiger partial charge in [0.05, 0.1) is 17.9 Å². The van der Waals surface area contributed by atoms with Gasteiger partial charge in [-0.25, -0.2) is 4.98 Å². The van der Waals surface area contributed by atoms with Crippen LogP contribution in [-0.2, 0) is 13.0 Å². The van der Waals surface area contributed by atoms with Crippen LogP contribution in [0.15, 0.2) is 16.8 Å². The molecule has 1 aliphatic carbocycles. The van der Waals surface area contributed by atoms with Gasteiger partial charge in [-0.15, -0.1) is 10.2 Å². The van der Waals surface area contributed by atoms with Crippen LogP contribution in [-0.4, -0.2) is 31.3 Å². The molecule has 0 spiro atoms. The molecule has 0 amide bonds. The van der Waals surface area contributed by atoms with Crippen LogP contribution in [0.3, 0.4) is 0 Å². The number of nitrogens with zero attached hydrogens (tertiary/aromatic N) is 6. The van der Waals surface area contributed by atoms with Gasteiger partial charge in [0.15, 0.2) is 5.89 Å². The summed E-state index contributed by atoms with van der Waals surface area (Å²) >= 11 is 0. The Labute approximate surface area is 146 Å². The first-order valence-corrected chi connectivity index (χ1v) is 9.13. The Morgan fingerprint density at radius 1 is 1.28 bits per heavy atom. The Hall–Kier alpha value is -2.44. The van der Waals surface area contributed by atoms with E-state index in [-0.39, 0.29) is 0 Å². The summed E-state index contributed by atoms with van der Waals surface area (Å²) in [7, 11) is 0. The number of rotatable bonds is 3. The molecule has 0 atom stereocenters. The van der Waals surface area contributed by atoms with Crippen molar-refractivity contribution in [3.63, 3.8) is 0 Å². The third-order valence-electron chi connectivity index (χ3n) is 5.40. The van der Waals surface area contributed by atoms with Crippen LogP contribution in [0.25, 0.3) is 5.65 Å². The molecule has 7 heteroatoms. The van der Waals surface area contributed by atoms with E-state index >= 15 is 0 Å². The van der Waals surface area contributed by atoms with Crippen molar-refractivity contribution < 1.29 is 4.42 Å². The van der Waals surface area contributed by atoms with Crippen molar-refractivity contribution in [2.45, 2.75) is 57.9 Å². The predicted octanol–water partition coefficient (Wildman–Crippen LogP) is 3.07. The molecule has 0 aromatic carbocycles. The standard InChI is InChI=1S/C18H22N6O/c1-11(2)13-8-15(17-21-19-10-24(17)22-13)23-7-6-16-14(9-23)20-18(25-16)12-4-3-5-12/h8,10-12H,3-7,9H2,1-2H3. The van der Waals surface area contributed by atoms with Crippen LogP contribution in [0, 0.1) is 0 Å². The summed E-state index contributed by atoms with van der Waals surface area (Å²) in [4.78, 5) is 7.13. The zero-order chi connectivity index (χ0) is 17.0. The van der Waals surface area contributed by atoms with E-state index in [4.69, 9.17) is 9.40 Å². The summed E-state index contributed by atoms with van der Waals surface area (Å²) in [5.74, 6) is 2.90. The molecule has 1 aliphatic heterocycles. The molecule has 5 rings (SSSR count). The van der Waals surface area contributed by atoms with Crippen molar-refractivity contribution in [2.24, 2.45) is 0 Å². The van der Waals surface area contributed by atoms with Gasteiger partial charge in [0.1, 0.15) is 17.8 Å². The number of oxazole rings is 1. The zero-order valence-electron chi connectivity index (χ0n) is 14.6. The third kappa shape index (κ3) is 2.41. The molecule has 0 unspecified atom stereocenters. The summed E-state index contributed by atoms with van der Waals surface area (Å²) in [6, 6.07) is 2.15. The predicted molar refractivity (Wildman–Crippen MR) is 92.7 cm³/mol. The molecule has 2 aliphatic rings. The molecule has 7 nitrogen and oxygen atoms in total. The van der Waals surface area contributed by atoms with Crippen molar-refractivity contribution in [3.8, 4) is 0 Å². The Bertz CT molecular complexity index is 923. The fourth-order valence-corrected chi connectivity index (χ4v) is 3.60. The Morgan fingerprint density at radius 3 is 2.92 bits per heavy atom. The highest BCUT2D eigenvalue weighted by atomic mass is 16.4. The molecule has 3 aromatic rings. The number of fused-ring (bicyclic) bond motifs is 2. The van der Waals surface area contributed by atoms with E-state index in [9.17, 15) is 0 Å². The molecule has 4 heterocycles. The first-order valence-electron chi connectivity index (χ1n) is 9.13. The minimum atomic E-state index is 0.350. The quantitative estimate of drug-likeness (QED) is 0.731. The molecule has 1 fully saturated rings. The first kappa shape index (κ1) is 14.9. The van der Waals surface area contributed by atoms with Gasteiger partial charge < -0.3 is 9.32 Å². The van der Waals surface area contributed by atoms with Gasteiger partial charge >= 0.3 is 0 Å². The zero-order valence-corrected chi connectivity index (χ0v) is 14.6. The minimum absolute atomic E-state index is 0.350. The highest BCUT2D eigenvalue weighted by Crippen LogP contribution is 2.38. The van der Waals surface area contributed by atoms with Crippen molar-refractivity contribution in [2.75, 3.05) is 11.4 Å². The highest BCUT2D eigenvalue weighted by Gasteiger charge is 2.29. The first-order chi connectivity index (χ1) is 12.2. The van der Waals surface area contributed by atoms with Crippen molar-refractivity contribution in [1.82, 2.24) is 24.8 Å². The maximum absolute atomic E-state index is 6.05. The maximum Gasteiger partial charge on any atom is 0.200 e. The lowest BCUT2D eigenvalue weighted by molar-refractivity contribution is 0.324. The second-order valence-corrected chi connectivity index (χ2v) is 7.43.